The van der Waals surface area contributed by atoms with E-state index in [4.69, 9.17) is 5.73 Å². The normalized spacial score (nSPS) is 17.8. The number of carbonyl (C=O) groups excluding carboxylic acids is 1. The highest BCUT2D eigenvalue weighted by molar-refractivity contribution is 5.85. The van der Waals surface area contributed by atoms with Crippen LogP contribution in [0, 0.1) is 17.7 Å². The third-order valence-electron chi connectivity index (χ3n) is 5.18. The van der Waals surface area contributed by atoms with Crippen molar-refractivity contribution in [2.24, 2.45) is 17.6 Å². The van der Waals surface area contributed by atoms with Gasteiger partial charge < -0.3 is 16.0 Å². The summed E-state index contributed by atoms with van der Waals surface area (Å²) in [4.78, 5) is 14.7. The maximum atomic E-state index is 13.0. The summed E-state index contributed by atoms with van der Waals surface area (Å²) in [5, 5.41) is 3.05. The number of nitrogens with zero attached hydrogens (tertiary/aromatic N) is 1. The molecule has 3 atom stereocenters. The zero-order chi connectivity index (χ0) is 18.5. The molecule has 0 bridgehead atoms. The van der Waals surface area contributed by atoms with Crippen molar-refractivity contribution in [3.05, 3.63) is 66.0 Å². The molecular weight excluding hydrogens is 400 g/mol. The van der Waals surface area contributed by atoms with Crippen molar-refractivity contribution in [2.45, 2.75) is 19.4 Å². The third-order valence-corrected chi connectivity index (χ3v) is 5.18. The van der Waals surface area contributed by atoms with Crippen LogP contribution >= 0.6 is 24.8 Å². The van der Waals surface area contributed by atoms with Crippen molar-refractivity contribution in [1.82, 2.24) is 5.32 Å². The van der Waals surface area contributed by atoms with Gasteiger partial charge in [0.15, 0.2) is 0 Å². The Hall–Kier alpha value is -1.82. The van der Waals surface area contributed by atoms with E-state index in [1.807, 2.05) is 37.3 Å². The molecule has 2 aromatic carbocycles. The summed E-state index contributed by atoms with van der Waals surface area (Å²) in [6.07, 6.45) is 1.01. The second-order valence-electron chi connectivity index (χ2n) is 7.05. The molecule has 1 saturated heterocycles. The van der Waals surface area contributed by atoms with E-state index in [2.05, 4.69) is 10.2 Å². The molecule has 1 aliphatic rings. The molecule has 0 aromatic heterocycles. The molecule has 3 N–H and O–H groups in total. The van der Waals surface area contributed by atoms with Crippen LogP contribution in [0.15, 0.2) is 54.6 Å². The number of benzene rings is 2. The monoisotopic (exact) mass is 427 g/mol. The van der Waals surface area contributed by atoms with Gasteiger partial charge in [-0.3, -0.25) is 4.79 Å². The molecular formula is C21H28Cl2FN3O. The molecule has 0 spiro atoms. The number of rotatable bonds is 6. The number of hydrogen-bond donors (Lipinski definition) is 2. The van der Waals surface area contributed by atoms with E-state index in [1.165, 1.54) is 12.1 Å². The van der Waals surface area contributed by atoms with E-state index >= 15 is 0 Å². The van der Waals surface area contributed by atoms with E-state index < -0.39 is 0 Å². The Morgan fingerprint density at radius 2 is 1.82 bits per heavy atom. The molecule has 0 aliphatic carbocycles. The zero-order valence-corrected chi connectivity index (χ0v) is 17.5. The predicted molar refractivity (Wildman–Crippen MR) is 117 cm³/mol. The van der Waals surface area contributed by atoms with Gasteiger partial charge in [0, 0.05) is 31.4 Å². The van der Waals surface area contributed by atoms with Gasteiger partial charge in [0.2, 0.25) is 5.91 Å². The average Bonchev–Trinajstić information content (AvgIpc) is 3.15. The molecule has 4 nitrogen and oxygen atoms in total. The molecule has 0 radical (unpaired) electrons. The number of anilines is 1. The first-order valence-electron chi connectivity index (χ1n) is 9.13. The lowest BCUT2D eigenvalue weighted by molar-refractivity contribution is -0.125. The quantitative estimate of drug-likeness (QED) is 0.733. The lowest BCUT2D eigenvalue weighted by Crippen LogP contribution is -2.38. The van der Waals surface area contributed by atoms with Crippen LogP contribution in [0.1, 0.15) is 24.9 Å². The van der Waals surface area contributed by atoms with Crippen molar-refractivity contribution in [2.75, 3.05) is 24.5 Å². The number of nitrogens with one attached hydrogen (secondary N) is 1. The molecule has 1 amide bonds. The Balaban J connectivity index is 0.00000196. The number of amides is 1. The summed E-state index contributed by atoms with van der Waals surface area (Å²) in [6, 6.07) is 16.0. The number of carbonyl (C=O) groups is 1. The summed E-state index contributed by atoms with van der Waals surface area (Å²) in [5.41, 5.74) is 8.23. The SMILES string of the molecule is CC(C(=O)NCC1CCN(c2ccc(F)cc2)C1)C(N)c1ccccc1.Cl.Cl. The maximum absolute atomic E-state index is 13.0. The molecule has 0 saturated carbocycles. The summed E-state index contributed by atoms with van der Waals surface area (Å²) in [6.45, 7) is 4.30. The van der Waals surface area contributed by atoms with E-state index in [0.29, 0.717) is 12.5 Å². The second-order valence-corrected chi connectivity index (χ2v) is 7.05. The van der Waals surface area contributed by atoms with Crippen molar-refractivity contribution in [3.8, 4) is 0 Å². The zero-order valence-electron chi connectivity index (χ0n) is 15.9. The van der Waals surface area contributed by atoms with Crippen molar-refractivity contribution in [3.63, 3.8) is 0 Å². The van der Waals surface area contributed by atoms with Crippen LogP contribution in [-0.4, -0.2) is 25.5 Å². The second kappa shape index (κ2) is 11.2. The van der Waals surface area contributed by atoms with Gasteiger partial charge in [0.05, 0.1) is 5.92 Å². The van der Waals surface area contributed by atoms with Crippen LogP contribution in [0.5, 0.6) is 0 Å². The van der Waals surface area contributed by atoms with Crippen LogP contribution < -0.4 is 16.0 Å². The van der Waals surface area contributed by atoms with Gasteiger partial charge in [-0.15, -0.1) is 24.8 Å². The molecule has 1 aliphatic heterocycles. The summed E-state index contributed by atoms with van der Waals surface area (Å²) >= 11 is 0. The van der Waals surface area contributed by atoms with Crippen LogP contribution in [0.25, 0.3) is 0 Å². The Morgan fingerprint density at radius 3 is 2.46 bits per heavy atom. The van der Waals surface area contributed by atoms with Crippen LogP contribution in [0.3, 0.4) is 0 Å². The van der Waals surface area contributed by atoms with Crippen molar-refractivity contribution in [1.29, 1.82) is 0 Å². The first-order chi connectivity index (χ1) is 12.5. The maximum Gasteiger partial charge on any atom is 0.224 e. The van der Waals surface area contributed by atoms with E-state index in [0.717, 1.165) is 30.8 Å². The first-order valence-corrected chi connectivity index (χ1v) is 9.13. The lowest BCUT2D eigenvalue weighted by Gasteiger charge is -2.21. The minimum Gasteiger partial charge on any atom is -0.371 e. The van der Waals surface area contributed by atoms with E-state index in [-0.39, 0.29) is 48.5 Å². The molecule has 1 heterocycles. The fourth-order valence-electron chi connectivity index (χ4n) is 3.42. The predicted octanol–water partition coefficient (Wildman–Crippen LogP) is 3.95. The highest BCUT2D eigenvalue weighted by Crippen LogP contribution is 2.24. The number of halogens is 3. The molecule has 154 valence electrons. The Kier molecular flexibility index (Phi) is 9.73. The first kappa shape index (κ1) is 24.2. The van der Waals surface area contributed by atoms with Crippen LogP contribution in [-0.2, 0) is 4.79 Å². The van der Waals surface area contributed by atoms with Crippen LogP contribution in [0.4, 0.5) is 10.1 Å². The van der Waals surface area contributed by atoms with Gasteiger partial charge in [0.1, 0.15) is 5.82 Å². The number of hydrogen-bond acceptors (Lipinski definition) is 3. The molecule has 3 rings (SSSR count). The van der Waals surface area contributed by atoms with Gasteiger partial charge in [-0.05, 0) is 42.2 Å². The fourth-order valence-corrected chi connectivity index (χ4v) is 3.42. The van der Waals surface area contributed by atoms with Gasteiger partial charge in [-0.2, -0.15) is 0 Å². The third kappa shape index (κ3) is 6.09. The molecule has 3 unspecified atom stereocenters. The molecule has 1 fully saturated rings. The topological polar surface area (TPSA) is 58.4 Å². The summed E-state index contributed by atoms with van der Waals surface area (Å²) < 4.78 is 13.0. The van der Waals surface area contributed by atoms with Gasteiger partial charge >= 0.3 is 0 Å². The van der Waals surface area contributed by atoms with Gasteiger partial charge in [-0.25, -0.2) is 4.39 Å². The Morgan fingerprint density at radius 1 is 1.18 bits per heavy atom. The Labute approximate surface area is 178 Å². The van der Waals surface area contributed by atoms with Crippen molar-refractivity contribution >= 4 is 36.4 Å². The molecule has 7 heteroatoms. The largest absolute Gasteiger partial charge is 0.371 e. The van der Waals surface area contributed by atoms with E-state index in [9.17, 15) is 9.18 Å². The van der Waals surface area contributed by atoms with Crippen molar-refractivity contribution < 1.29 is 9.18 Å². The fraction of sp³-hybridized carbons (Fsp3) is 0.381. The lowest BCUT2D eigenvalue weighted by atomic mass is 9.94. The Bertz CT molecular complexity index is 730. The summed E-state index contributed by atoms with van der Waals surface area (Å²) in [5.74, 6) is -0.127. The minimum atomic E-state index is -0.310. The summed E-state index contributed by atoms with van der Waals surface area (Å²) in [7, 11) is 0. The highest BCUT2D eigenvalue weighted by Gasteiger charge is 2.26. The smallest absolute Gasteiger partial charge is 0.224 e. The van der Waals surface area contributed by atoms with Gasteiger partial charge in [0.25, 0.3) is 0 Å². The van der Waals surface area contributed by atoms with Crippen LogP contribution in [0.2, 0.25) is 0 Å². The standard InChI is InChI=1S/C21H26FN3O.2ClH/c1-15(20(23)17-5-3-2-4-6-17)21(26)24-13-16-11-12-25(14-16)19-9-7-18(22)8-10-19;;/h2-10,15-16,20H,11-14,23H2,1H3,(H,24,26);2*1H. The average molecular weight is 428 g/mol. The number of nitrogens with two attached hydrogens (primary N) is 1. The van der Waals surface area contributed by atoms with E-state index in [1.54, 1.807) is 12.1 Å². The molecule has 28 heavy (non-hydrogen) atoms. The van der Waals surface area contributed by atoms with Gasteiger partial charge in [-0.1, -0.05) is 37.3 Å². The minimum absolute atomic E-state index is 0. The highest BCUT2D eigenvalue weighted by atomic mass is 35.5. The molecule has 2 aromatic rings.